The number of rotatable bonds is 6. The number of alkyl halides is 2. The third-order valence-corrected chi connectivity index (χ3v) is 2.27. The Hall–Kier alpha value is -1.62. The molecule has 0 spiro atoms. The van der Waals surface area contributed by atoms with Crippen molar-refractivity contribution in [1.29, 1.82) is 0 Å². The minimum Gasteiger partial charge on any atom is -0.490 e. The van der Waals surface area contributed by atoms with Crippen LogP contribution in [0.1, 0.15) is 25.5 Å². The van der Waals surface area contributed by atoms with Crippen LogP contribution in [0.15, 0.2) is 30.4 Å². The van der Waals surface area contributed by atoms with Crippen molar-refractivity contribution in [2.24, 2.45) is 0 Å². The molecule has 0 bridgehead atoms. The predicted molar refractivity (Wildman–Crippen MR) is 64.0 cm³/mol. The van der Waals surface area contributed by atoms with Crippen LogP contribution >= 0.6 is 0 Å². The van der Waals surface area contributed by atoms with Crippen LogP contribution in [0.25, 0.3) is 0 Å². The van der Waals surface area contributed by atoms with Gasteiger partial charge in [-0.1, -0.05) is 12.6 Å². The molecule has 0 aromatic heterocycles. The van der Waals surface area contributed by atoms with Gasteiger partial charge in [-0.05, 0) is 37.1 Å². The molecular weight excluding hydrogens is 242 g/mol. The Labute approximate surface area is 105 Å². The highest BCUT2D eigenvalue weighted by atomic mass is 19.3. The second kappa shape index (κ2) is 6.35. The molecule has 100 valence electrons. The van der Waals surface area contributed by atoms with Crippen molar-refractivity contribution in [2.75, 3.05) is 6.61 Å². The lowest BCUT2D eigenvalue weighted by molar-refractivity contribution is -0.0514. The Balaban J connectivity index is 3.05. The molecule has 1 aromatic carbocycles. The van der Waals surface area contributed by atoms with Crippen LogP contribution in [0, 0.1) is 0 Å². The van der Waals surface area contributed by atoms with Crippen molar-refractivity contribution in [3.05, 3.63) is 35.9 Å². The lowest BCUT2D eigenvalue weighted by atomic mass is 10.0. The summed E-state index contributed by atoms with van der Waals surface area (Å²) in [5.41, 5.74) is 1.08. The molecule has 0 heterocycles. The molecule has 0 saturated carbocycles. The number of hydrogen-bond acceptors (Lipinski definition) is 3. The van der Waals surface area contributed by atoms with Crippen molar-refractivity contribution in [3.63, 3.8) is 0 Å². The quantitative estimate of drug-likeness (QED) is 0.796. The first-order valence-electron chi connectivity index (χ1n) is 5.50. The molecule has 18 heavy (non-hydrogen) atoms. The van der Waals surface area contributed by atoms with Crippen molar-refractivity contribution in [1.82, 2.24) is 0 Å². The molecule has 0 aliphatic heterocycles. The van der Waals surface area contributed by atoms with E-state index in [9.17, 15) is 13.9 Å². The van der Waals surface area contributed by atoms with E-state index in [1.165, 1.54) is 18.2 Å². The van der Waals surface area contributed by atoms with Gasteiger partial charge in [-0.25, -0.2) is 0 Å². The largest absolute Gasteiger partial charge is 0.490 e. The average Bonchev–Trinajstić information content (AvgIpc) is 2.30. The highest BCUT2D eigenvalue weighted by Gasteiger charge is 2.15. The third-order valence-electron chi connectivity index (χ3n) is 2.27. The molecule has 5 heteroatoms. The van der Waals surface area contributed by atoms with E-state index in [0.717, 1.165) is 0 Å². The predicted octanol–water partition coefficient (Wildman–Crippen LogP) is 3.30. The van der Waals surface area contributed by atoms with Gasteiger partial charge in [0.25, 0.3) is 0 Å². The van der Waals surface area contributed by atoms with E-state index in [2.05, 4.69) is 11.3 Å². The summed E-state index contributed by atoms with van der Waals surface area (Å²) < 4.78 is 33.9. The maximum absolute atomic E-state index is 12.2. The van der Waals surface area contributed by atoms with Gasteiger partial charge in [0.2, 0.25) is 0 Å². The molecule has 1 unspecified atom stereocenters. The summed E-state index contributed by atoms with van der Waals surface area (Å²) in [7, 11) is 0. The van der Waals surface area contributed by atoms with Gasteiger partial charge in [-0.15, -0.1) is 0 Å². The topological polar surface area (TPSA) is 38.7 Å². The van der Waals surface area contributed by atoms with Crippen molar-refractivity contribution in [3.8, 4) is 11.5 Å². The number of aliphatic hydroxyl groups excluding tert-OH is 1. The molecule has 0 saturated heterocycles. The van der Waals surface area contributed by atoms with Crippen LogP contribution in [0.3, 0.4) is 0 Å². The first kappa shape index (κ1) is 14.4. The molecule has 0 radical (unpaired) electrons. The van der Waals surface area contributed by atoms with E-state index in [0.29, 0.717) is 17.7 Å². The minimum absolute atomic E-state index is 0.0514. The molecule has 1 atom stereocenters. The van der Waals surface area contributed by atoms with Crippen molar-refractivity contribution >= 4 is 0 Å². The molecule has 0 amide bonds. The van der Waals surface area contributed by atoms with Gasteiger partial charge in [0.05, 0.1) is 12.7 Å². The Bertz CT molecular complexity index is 419. The van der Waals surface area contributed by atoms with Crippen LogP contribution in [-0.2, 0) is 0 Å². The molecule has 1 aromatic rings. The summed E-state index contributed by atoms with van der Waals surface area (Å²) in [6.45, 7) is 4.44. The van der Waals surface area contributed by atoms with E-state index >= 15 is 0 Å². The van der Waals surface area contributed by atoms with Gasteiger partial charge >= 0.3 is 6.61 Å². The second-order valence-corrected chi connectivity index (χ2v) is 3.77. The van der Waals surface area contributed by atoms with Gasteiger partial charge in [-0.3, -0.25) is 0 Å². The van der Waals surface area contributed by atoms with Crippen molar-refractivity contribution in [2.45, 2.75) is 26.6 Å². The normalized spacial score (nSPS) is 12.3. The van der Waals surface area contributed by atoms with Crippen LogP contribution in [0.5, 0.6) is 11.5 Å². The summed E-state index contributed by atoms with van der Waals surface area (Å²) in [5.74, 6) is 0.125. The lowest BCUT2D eigenvalue weighted by Gasteiger charge is -2.15. The Morgan fingerprint density at radius 1 is 1.39 bits per heavy atom. The number of hydrogen-bond donors (Lipinski definition) is 1. The maximum Gasteiger partial charge on any atom is 0.387 e. The fourth-order valence-electron chi connectivity index (χ4n) is 1.44. The monoisotopic (exact) mass is 258 g/mol. The molecule has 0 aliphatic rings. The highest BCUT2D eigenvalue weighted by molar-refractivity contribution is 5.44. The minimum atomic E-state index is -2.92. The van der Waals surface area contributed by atoms with Gasteiger partial charge in [0, 0.05) is 0 Å². The molecule has 0 aliphatic carbocycles. The van der Waals surface area contributed by atoms with Crippen LogP contribution < -0.4 is 9.47 Å². The van der Waals surface area contributed by atoms with E-state index in [1.807, 2.05) is 0 Å². The average molecular weight is 258 g/mol. The van der Waals surface area contributed by atoms with E-state index < -0.39 is 12.7 Å². The van der Waals surface area contributed by atoms with Crippen LogP contribution in [-0.4, -0.2) is 18.3 Å². The first-order chi connectivity index (χ1) is 8.45. The van der Waals surface area contributed by atoms with Crippen molar-refractivity contribution < 1.29 is 23.4 Å². The van der Waals surface area contributed by atoms with E-state index in [-0.39, 0.29) is 11.5 Å². The summed E-state index contributed by atoms with van der Waals surface area (Å²) in [5, 5.41) is 9.82. The van der Waals surface area contributed by atoms with Crippen LogP contribution in [0.4, 0.5) is 8.78 Å². The number of ether oxygens (including phenoxy) is 2. The first-order valence-corrected chi connectivity index (χ1v) is 5.50. The number of halogens is 2. The van der Waals surface area contributed by atoms with E-state index in [4.69, 9.17) is 4.74 Å². The molecular formula is C13H16F2O3. The Morgan fingerprint density at radius 3 is 2.56 bits per heavy atom. The summed E-state index contributed by atoms with van der Waals surface area (Å²) in [6.07, 6.45) is -0.857. The zero-order valence-electron chi connectivity index (χ0n) is 10.3. The molecule has 1 rings (SSSR count). The fraction of sp³-hybridized carbons (Fsp3) is 0.385. The van der Waals surface area contributed by atoms with Gasteiger partial charge in [0.15, 0.2) is 11.5 Å². The van der Waals surface area contributed by atoms with E-state index in [1.54, 1.807) is 13.8 Å². The Morgan fingerprint density at radius 2 is 2.06 bits per heavy atom. The number of benzene rings is 1. The lowest BCUT2D eigenvalue weighted by Crippen LogP contribution is -2.06. The highest BCUT2D eigenvalue weighted by Crippen LogP contribution is 2.33. The molecule has 1 N–H and O–H groups in total. The summed E-state index contributed by atoms with van der Waals surface area (Å²) in [6, 6.07) is 4.32. The maximum atomic E-state index is 12.2. The number of aliphatic hydroxyl groups is 1. The Kier molecular flexibility index (Phi) is 5.09. The molecule has 0 fully saturated rings. The van der Waals surface area contributed by atoms with Gasteiger partial charge in [-0.2, -0.15) is 8.78 Å². The summed E-state index contributed by atoms with van der Waals surface area (Å²) >= 11 is 0. The van der Waals surface area contributed by atoms with Gasteiger partial charge < -0.3 is 14.6 Å². The zero-order chi connectivity index (χ0) is 13.7. The standard InChI is InChI=1S/C13H16F2O3/c1-4-17-11-7-9(12(16)8(2)3)5-6-10(11)18-13(14)15/h5-7,12-13,16H,2,4H2,1,3H3. The SMILES string of the molecule is C=C(C)C(O)c1ccc(OC(F)F)c(OCC)c1. The fourth-order valence-corrected chi connectivity index (χ4v) is 1.44. The molecule has 3 nitrogen and oxygen atoms in total. The zero-order valence-corrected chi connectivity index (χ0v) is 10.3. The summed E-state index contributed by atoms with van der Waals surface area (Å²) in [4.78, 5) is 0. The second-order valence-electron chi connectivity index (χ2n) is 3.77. The van der Waals surface area contributed by atoms with Gasteiger partial charge in [0.1, 0.15) is 0 Å². The van der Waals surface area contributed by atoms with Crippen LogP contribution in [0.2, 0.25) is 0 Å². The smallest absolute Gasteiger partial charge is 0.387 e. The third kappa shape index (κ3) is 3.70.